The second kappa shape index (κ2) is 5.31. The van der Waals surface area contributed by atoms with Gasteiger partial charge in [-0.2, -0.15) is 0 Å². The molecule has 0 radical (unpaired) electrons. The number of alkyl halides is 1. The van der Waals surface area contributed by atoms with E-state index in [1.54, 1.807) is 5.57 Å². The van der Waals surface area contributed by atoms with Gasteiger partial charge in [-0.15, -0.1) is 0 Å². The van der Waals surface area contributed by atoms with E-state index in [0.717, 1.165) is 24.2 Å². The van der Waals surface area contributed by atoms with Crippen molar-refractivity contribution in [2.24, 2.45) is 28.6 Å². The molecule has 0 heterocycles. The van der Waals surface area contributed by atoms with Crippen LogP contribution >= 0.6 is 15.9 Å². The van der Waals surface area contributed by atoms with Crippen molar-refractivity contribution in [1.82, 2.24) is 0 Å². The summed E-state index contributed by atoms with van der Waals surface area (Å²) < 4.78 is 0. The Hall–Kier alpha value is -0.370. The van der Waals surface area contributed by atoms with Gasteiger partial charge >= 0.3 is 0 Å². The molecule has 0 amide bonds. The van der Waals surface area contributed by atoms with Gasteiger partial charge in [-0.3, -0.25) is 4.79 Å². The van der Waals surface area contributed by atoms with Crippen LogP contribution in [-0.2, 0) is 4.79 Å². The smallest absolute Gasteiger partial charge is 0.169 e. The van der Waals surface area contributed by atoms with Crippen molar-refractivity contribution < 1.29 is 4.79 Å². The lowest BCUT2D eigenvalue weighted by Crippen LogP contribution is -2.37. The Balaban J connectivity index is 1.71. The SMILES string of the molecule is CC1CCC2C3CCC4(C)CC(Br)C(=O)C=C4C=C3CCC12C. The lowest BCUT2D eigenvalue weighted by Gasteiger charge is -2.45. The molecule has 0 spiro atoms. The first-order valence-electron chi connectivity index (χ1n) is 9.44. The summed E-state index contributed by atoms with van der Waals surface area (Å²) in [7, 11) is 0. The standard InChI is InChI=1S/C21H29BrO/c1-13-4-5-17-16-7-8-20(2)12-18(22)19(23)11-15(20)10-14(16)6-9-21(13,17)3/h10-11,13,16-18H,4-9,12H2,1-3H3. The number of halogens is 1. The second-order valence-electron chi connectivity index (χ2n) is 9.19. The van der Waals surface area contributed by atoms with Gasteiger partial charge in [-0.05, 0) is 85.2 Å². The fourth-order valence-corrected chi connectivity index (χ4v) is 6.99. The van der Waals surface area contributed by atoms with Gasteiger partial charge in [0.05, 0.1) is 4.83 Å². The topological polar surface area (TPSA) is 17.1 Å². The van der Waals surface area contributed by atoms with Crippen molar-refractivity contribution in [1.29, 1.82) is 0 Å². The maximum absolute atomic E-state index is 12.2. The summed E-state index contributed by atoms with van der Waals surface area (Å²) in [5, 5.41) is 0. The van der Waals surface area contributed by atoms with E-state index in [1.807, 2.05) is 6.08 Å². The molecular weight excluding hydrogens is 348 g/mol. The van der Waals surface area contributed by atoms with Crippen LogP contribution in [0.4, 0.5) is 0 Å². The van der Waals surface area contributed by atoms with Crippen LogP contribution in [0.15, 0.2) is 23.3 Å². The first kappa shape index (κ1) is 16.1. The van der Waals surface area contributed by atoms with E-state index < -0.39 is 0 Å². The van der Waals surface area contributed by atoms with E-state index in [2.05, 4.69) is 42.8 Å². The average molecular weight is 377 g/mol. The molecule has 0 aromatic rings. The fraction of sp³-hybridized carbons (Fsp3) is 0.762. The van der Waals surface area contributed by atoms with Gasteiger partial charge in [0.2, 0.25) is 0 Å². The Kier molecular flexibility index (Phi) is 3.72. The zero-order valence-electron chi connectivity index (χ0n) is 14.7. The first-order valence-corrected chi connectivity index (χ1v) is 10.4. The number of carbonyl (C=O) groups excluding carboxylic acids is 1. The molecule has 0 bridgehead atoms. The molecule has 2 saturated carbocycles. The van der Waals surface area contributed by atoms with Crippen molar-refractivity contribution in [3.8, 4) is 0 Å². The second-order valence-corrected chi connectivity index (χ2v) is 10.3. The zero-order chi connectivity index (χ0) is 16.4. The molecule has 2 fully saturated rings. The molecule has 4 aliphatic carbocycles. The summed E-state index contributed by atoms with van der Waals surface area (Å²) >= 11 is 3.60. The van der Waals surface area contributed by atoms with E-state index in [1.165, 1.54) is 44.1 Å². The van der Waals surface area contributed by atoms with E-state index in [4.69, 9.17) is 0 Å². The van der Waals surface area contributed by atoms with Gasteiger partial charge in [-0.25, -0.2) is 0 Å². The number of carbonyl (C=O) groups is 1. The molecule has 2 heteroatoms. The Morgan fingerprint density at radius 1 is 1.13 bits per heavy atom. The Bertz CT molecular complexity index is 603. The van der Waals surface area contributed by atoms with Crippen molar-refractivity contribution >= 4 is 21.7 Å². The van der Waals surface area contributed by atoms with E-state index in [-0.39, 0.29) is 16.0 Å². The summed E-state index contributed by atoms with van der Waals surface area (Å²) in [4.78, 5) is 12.2. The molecule has 6 atom stereocenters. The van der Waals surface area contributed by atoms with Gasteiger partial charge in [0.25, 0.3) is 0 Å². The zero-order valence-corrected chi connectivity index (χ0v) is 16.3. The number of fused-ring (bicyclic) bond motifs is 4. The summed E-state index contributed by atoms with van der Waals surface area (Å²) in [6.07, 6.45) is 13.3. The minimum atomic E-state index is 0.0200. The Labute approximate surface area is 149 Å². The number of allylic oxidation sites excluding steroid dienone is 4. The third-order valence-electron chi connectivity index (χ3n) is 8.08. The minimum absolute atomic E-state index is 0.0200. The van der Waals surface area contributed by atoms with Crippen molar-refractivity contribution in [3.63, 3.8) is 0 Å². The quantitative estimate of drug-likeness (QED) is 0.485. The highest BCUT2D eigenvalue weighted by atomic mass is 79.9. The summed E-state index contributed by atoms with van der Waals surface area (Å²) in [5.74, 6) is 2.79. The number of ketones is 1. The van der Waals surface area contributed by atoms with Crippen LogP contribution in [0.3, 0.4) is 0 Å². The molecule has 1 nitrogen and oxygen atoms in total. The van der Waals surface area contributed by atoms with Crippen LogP contribution in [0.2, 0.25) is 0 Å². The van der Waals surface area contributed by atoms with Crippen LogP contribution in [0.5, 0.6) is 0 Å². The van der Waals surface area contributed by atoms with Crippen molar-refractivity contribution in [3.05, 3.63) is 23.3 Å². The normalized spacial score (nSPS) is 49.5. The number of hydrogen-bond donors (Lipinski definition) is 0. The third-order valence-corrected chi connectivity index (χ3v) is 8.85. The van der Waals surface area contributed by atoms with E-state index in [9.17, 15) is 4.79 Å². The maximum Gasteiger partial charge on any atom is 0.169 e. The molecule has 126 valence electrons. The largest absolute Gasteiger partial charge is 0.294 e. The van der Waals surface area contributed by atoms with E-state index in [0.29, 0.717) is 5.41 Å². The fourth-order valence-electron chi connectivity index (χ4n) is 6.14. The van der Waals surface area contributed by atoms with Crippen LogP contribution < -0.4 is 0 Å². The predicted molar refractivity (Wildman–Crippen MR) is 98.6 cm³/mol. The summed E-state index contributed by atoms with van der Waals surface area (Å²) in [5.41, 5.74) is 3.73. The van der Waals surface area contributed by atoms with Crippen molar-refractivity contribution in [2.75, 3.05) is 0 Å². The molecule has 0 aromatic heterocycles. The van der Waals surface area contributed by atoms with Gasteiger partial charge < -0.3 is 0 Å². The van der Waals surface area contributed by atoms with Gasteiger partial charge in [-0.1, -0.05) is 48.4 Å². The van der Waals surface area contributed by atoms with Crippen LogP contribution in [-0.4, -0.2) is 10.6 Å². The van der Waals surface area contributed by atoms with Crippen LogP contribution in [0.25, 0.3) is 0 Å². The number of hydrogen-bond acceptors (Lipinski definition) is 1. The average Bonchev–Trinajstić information content (AvgIpc) is 2.71. The monoisotopic (exact) mass is 376 g/mol. The third kappa shape index (κ3) is 2.34. The van der Waals surface area contributed by atoms with Gasteiger partial charge in [0.1, 0.15) is 0 Å². The van der Waals surface area contributed by atoms with Crippen molar-refractivity contribution in [2.45, 2.75) is 70.5 Å². The minimum Gasteiger partial charge on any atom is -0.294 e. The molecular formula is C21H29BrO. The van der Waals surface area contributed by atoms with Gasteiger partial charge in [0.15, 0.2) is 5.78 Å². The predicted octanol–water partition coefficient (Wildman–Crippen LogP) is 5.84. The maximum atomic E-state index is 12.2. The highest BCUT2D eigenvalue weighted by Gasteiger charge is 2.52. The Morgan fingerprint density at radius 2 is 1.91 bits per heavy atom. The van der Waals surface area contributed by atoms with Gasteiger partial charge in [0, 0.05) is 0 Å². The molecule has 0 N–H and O–H groups in total. The number of rotatable bonds is 0. The molecule has 0 aromatic carbocycles. The highest BCUT2D eigenvalue weighted by Crippen LogP contribution is 2.61. The summed E-state index contributed by atoms with van der Waals surface area (Å²) in [6.45, 7) is 7.41. The highest BCUT2D eigenvalue weighted by molar-refractivity contribution is 9.10. The lowest BCUT2D eigenvalue weighted by atomic mass is 9.59. The molecule has 0 saturated heterocycles. The molecule has 0 aliphatic heterocycles. The van der Waals surface area contributed by atoms with Crippen LogP contribution in [0, 0.1) is 28.6 Å². The van der Waals surface area contributed by atoms with Crippen LogP contribution in [0.1, 0.15) is 65.7 Å². The lowest BCUT2D eigenvalue weighted by molar-refractivity contribution is -0.115. The summed E-state index contributed by atoms with van der Waals surface area (Å²) in [6, 6.07) is 0. The van der Waals surface area contributed by atoms with E-state index >= 15 is 0 Å². The molecule has 4 rings (SSSR count). The molecule has 6 unspecified atom stereocenters. The molecule has 23 heavy (non-hydrogen) atoms. The molecule has 4 aliphatic rings. The first-order chi connectivity index (χ1) is 10.8. The Morgan fingerprint density at radius 3 is 2.70 bits per heavy atom.